The molecule has 1 aromatic heterocycles. The lowest BCUT2D eigenvalue weighted by molar-refractivity contribution is 0.406. The first-order chi connectivity index (χ1) is 12.3. The second-order valence-corrected chi connectivity index (χ2v) is 8.50. The van der Waals surface area contributed by atoms with Crippen LogP contribution in [0.1, 0.15) is 0 Å². The van der Waals surface area contributed by atoms with Crippen molar-refractivity contribution < 1.29 is 22.3 Å². The molecule has 8 heteroatoms. The normalized spacial score (nSPS) is 11.5. The highest BCUT2D eigenvalue weighted by atomic mass is 32.2. The number of pyridine rings is 1. The number of hydrogen-bond donors (Lipinski definition) is 0. The van der Waals surface area contributed by atoms with Crippen molar-refractivity contribution in [3.63, 3.8) is 0 Å². The number of benzene rings is 2. The van der Waals surface area contributed by atoms with E-state index in [0.29, 0.717) is 32.2 Å². The highest BCUT2D eigenvalue weighted by Crippen LogP contribution is 2.41. The van der Waals surface area contributed by atoms with Crippen molar-refractivity contribution in [2.75, 3.05) is 20.5 Å². The minimum atomic E-state index is -3.42. The third-order valence-electron chi connectivity index (χ3n) is 3.71. The van der Waals surface area contributed by atoms with Gasteiger partial charge < -0.3 is 9.47 Å². The molecule has 1 heterocycles. The fourth-order valence-electron chi connectivity index (χ4n) is 2.41. The van der Waals surface area contributed by atoms with Crippen LogP contribution in [-0.4, -0.2) is 33.9 Å². The van der Waals surface area contributed by atoms with Crippen LogP contribution in [0.5, 0.6) is 11.5 Å². The maximum atomic E-state index is 14.3. The number of fused-ring (bicyclic) bond motifs is 1. The molecule has 3 rings (SSSR count). The molecule has 26 heavy (non-hydrogen) atoms. The van der Waals surface area contributed by atoms with Crippen LogP contribution in [0.2, 0.25) is 0 Å². The molecule has 0 aliphatic carbocycles. The largest absolute Gasteiger partial charge is 0.497 e. The maximum Gasteiger partial charge on any atom is 0.192 e. The van der Waals surface area contributed by atoms with Gasteiger partial charge in [0.1, 0.15) is 17.3 Å². The Balaban J connectivity index is 2.14. The summed E-state index contributed by atoms with van der Waals surface area (Å²) in [4.78, 5) is 5.25. The van der Waals surface area contributed by atoms with Crippen molar-refractivity contribution in [3.8, 4) is 11.5 Å². The third kappa shape index (κ3) is 3.61. The second kappa shape index (κ2) is 7.13. The molecule has 0 fully saturated rings. The molecule has 2 aromatic carbocycles. The number of sulfone groups is 1. The monoisotopic (exact) mass is 393 g/mol. The lowest BCUT2D eigenvalue weighted by Gasteiger charge is -2.13. The Morgan fingerprint density at radius 1 is 1.04 bits per heavy atom. The van der Waals surface area contributed by atoms with Crippen molar-refractivity contribution in [3.05, 3.63) is 48.3 Å². The molecule has 0 N–H and O–H groups in total. The number of hydrogen-bond acceptors (Lipinski definition) is 6. The van der Waals surface area contributed by atoms with E-state index in [2.05, 4.69) is 4.98 Å². The Morgan fingerprint density at radius 3 is 2.42 bits per heavy atom. The zero-order valence-corrected chi connectivity index (χ0v) is 15.9. The predicted octanol–water partition coefficient (Wildman–Crippen LogP) is 3.95. The molecular formula is C18H16FNO4S2. The molecule has 136 valence electrons. The van der Waals surface area contributed by atoms with E-state index in [1.807, 2.05) is 0 Å². The lowest BCUT2D eigenvalue weighted by Crippen LogP contribution is -2.00. The summed E-state index contributed by atoms with van der Waals surface area (Å²) in [7, 11) is -0.425. The van der Waals surface area contributed by atoms with Crippen LogP contribution < -0.4 is 9.47 Å². The van der Waals surface area contributed by atoms with Gasteiger partial charge in [-0.05, 0) is 36.4 Å². The van der Waals surface area contributed by atoms with Gasteiger partial charge in [0.05, 0.1) is 24.6 Å². The van der Waals surface area contributed by atoms with E-state index in [9.17, 15) is 12.8 Å². The number of methoxy groups -OCH3 is 2. The van der Waals surface area contributed by atoms with Gasteiger partial charge >= 0.3 is 0 Å². The molecule has 0 spiro atoms. The number of rotatable bonds is 5. The summed E-state index contributed by atoms with van der Waals surface area (Å²) >= 11 is 1.18. The summed E-state index contributed by atoms with van der Waals surface area (Å²) in [5.74, 6) is 0.553. The zero-order chi connectivity index (χ0) is 18.9. The fraction of sp³-hybridized carbons (Fsp3) is 0.167. The van der Waals surface area contributed by atoms with Crippen molar-refractivity contribution >= 4 is 32.5 Å². The summed E-state index contributed by atoms with van der Waals surface area (Å²) in [6, 6.07) is 11.1. The first-order valence-corrected chi connectivity index (χ1v) is 10.2. The SMILES string of the molecule is COc1ccc(Sc2c(OC)ccc3nc(S(C)(=O)=O)ccc23)c(F)c1. The highest BCUT2D eigenvalue weighted by molar-refractivity contribution is 7.99. The highest BCUT2D eigenvalue weighted by Gasteiger charge is 2.16. The molecule has 0 bridgehead atoms. The molecule has 0 amide bonds. The van der Waals surface area contributed by atoms with E-state index in [4.69, 9.17) is 9.47 Å². The minimum absolute atomic E-state index is 0.0123. The molecule has 3 aromatic rings. The topological polar surface area (TPSA) is 65.5 Å². The average Bonchev–Trinajstić information content (AvgIpc) is 2.62. The van der Waals surface area contributed by atoms with Gasteiger partial charge in [0, 0.05) is 22.6 Å². The van der Waals surface area contributed by atoms with Gasteiger partial charge in [0.25, 0.3) is 0 Å². The van der Waals surface area contributed by atoms with Crippen LogP contribution >= 0.6 is 11.8 Å². The molecule has 0 aliphatic heterocycles. The number of halogens is 1. The van der Waals surface area contributed by atoms with Gasteiger partial charge in [0.15, 0.2) is 14.9 Å². The molecule has 0 aliphatic rings. The first kappa shape index (κ1) is 18.5. The van der Waals surface area contributed by atoms with Crippen molar-refractivity contribution in [1.29, 1.82) is 0 Å². The molecular weight excluding hydrogens is 377 g/mol. The van der Waals surface area contributed by atoms with Crippen LogP contribution in [0.25, 0.3) is 10.9 Å². The summed E-state index contributed by atoms with van der Waals surface area (Å²) in [6.07, 6.45) is 1.10. The Morgan fingerprint density at radius 2 is 1.81 bits per heavy atom. The van der Waals surface area contributed by atoms with Gasteiger partial charge in [-0.15, -0.1) is 0 Å². The van der Waals surface area contributed by atoms with Gasteiger partial charge in [0.2, 0.25) is 0 Å². The van der Waals surface area contributed by atoms with E-state index >= 15 is 0 Å². The first-order valence-electron chi connectivity index (χ1n) is 7.52. The third-order valence-corrected chi connectivity index (χ3v) is 5.87. The fourth-order valence-corrected chi connectivity index (χ4v) is 4.04. The lowest BCUT2D eigenvalue weighted by atomic mass is 10.2. The molecule has 0 unspecified atom stereocenters. The van der Waals surface area contributed by atoms with Crippen LogP contribution in [0.3, 0.4) is 0 Å². The minimum Gasteiger partial charge on any atom is -0.497 e. The summed E-state index contributed by atoms with van der Waals surface area (Å²) < 4.78 is 48.2. The van der Waals surface area contributed by atoms with Gasteiger partial charge in [-0.3, -0.25) is 0 Å². The molecule has 0 radical (unpaired) electrons. The second-order valence-electron chi connectivity index (χ2n) is 5.48. The molecule has 0 saturated heterocycles. The van der Waals surface area contributed by atoms with Crippen molar-refractivity contribution in [2.24, 2.45) is 0 Å². The Kier molecular flexibility index (Phi) is 5.06. The van der Waals surface area contributed by atoms with E-state index in [1.165, 1.54) is 38.1 Å². The van der Waals surface area contributed by atoms with E-state index in [1.54, 1.807) is 30.3 Å². The number of nitrogens with zero attached hydrogens (tertiary/aromatic N) is 1. The summed E-state index contributed by atoms with van der Waals surface area (Å²) in [5, 5.41) is 0.665. The quantitative estimate of drug-likeness (QED) is 0.654. The zero-order valence-electron chi connectivity index (χ0n) is 14.3. The number of ether oxygens (including phenoxy) is 2. The Hall–Kier alpha value is -2.32. The van der Waals surface area contributed by atoms with Crippen LogP contribution in [0.15, 0.2) is 57.3 Å². The van der Waals surface area contributed by atoms with Gasteiger partial charge in [-0.2, -0.15) is 0 Å². The smallest absolute Gasteiger partial charge is 0.192 e. The van der Waals surface area contributed by atoms with E-state index in [0.717, 1.165) is 6.26 Å². The molecule has 5 nitrogen and oxygen atoms in total. The van der Waals surface area contributed by atoms with Crippen LogP contribution in [-0.2, 0) is 9.84 Å². The Bertz CT molecular complexity index is 1080. The predicted molar refractivity (Wildman–Crippen MR) is 98.5 cm³/mol. The number of aromatic nitrogens is 1. The molecule has 0 atom stereocenters. The van der Waals surface area contributed by atoms with Gasteiger partial charge in [-0.25, -0.2) is 17.8 Å². The standard InChI is InChI=1S/C18H16FNO4S2/c1-23-11-4-8-16(13(19)10-11)25-18-12-5-9-17(26(3,21)22)20-14(12)6-7-15(18)24-2/h4-10H,1-3H3. The average molecular weight is 393 g/mol. The molecule has 0 saturated carbocycles. The Labute approximate surface area is 155 Å². The summed E-state index contributed by atoms with van der Waals surface area (Å²) in [6.45, 7) is 0. The summed E-state index contributed by atoms with van der Waals surface area (Å²) in [5.41, 5.74) is 0.491. The van der Waals surface area contributed by atoms with Crippen molar-refractivity contribution in [1.82, 2.24) is 4.98 Å². The van der Waals surface area contributed by atoms with E-state index in [-0.39, 0.29) is 5.03 Å². The van der Waals surface area contributed by atoms with Crippen LogP contribution in [0, 0.1) is 5.82 Å². The van der Waals surface area contributed by atoms with Crippen molar-refractivity contribution in [2.45, 2.75) is 14.8 Å². The van der Waals surface area contributed by atoms with Crippen LogP contribution in [0.4, 0.5) is 4.39 Å². The maximum absolute atomic E-state index is 14.3. The van der Waals surface area contributed by atoms with E-state index < -0.39 is 15.7 Å². The van der Waals surface area contributed by atoms with Gasteiger partial charge in [-0.1, -0.05) is 11.8 Å².